The van der Waals surface area contributed by atoms with Crippen LogP contribution in [-0.2, 0) is 15.4 Å². The van der Waals surface area contributed by atoms with E-state index in [0.717, 1.165) is 30.9 Å². The molecule has 0 atom stereocenters. The van der Waals surface area contributed by atoms with Crippen molar-refractivity contribution in [3.63, 3.8) is 0 Å². The third-order valence-corrected chi connectivity index (χ3v) is 7.12. The van der Waals surface area contributed by atoms with E-state index < -0.39 is 10.0 Å². The molecule has 134 valence electrons. The summed E-state index contributed by atoms with van der Waals surface area (Å²) in [7, 11) is -3.36. The molecule has 1 saturated heterocycles. The third-order valence-electron chi connectivity index (χ3n) is 5.20. The van der Waals surface area contributed by atoms with E-state index in [0.29, 0.717) is 24.0 Å². The molecule has 0 amide bonds. The van der Waals surface area contributed by atoms with Gasteiger partial charge in [-0.15, -0.1) is 0 Å². The highest BCUT2D eigenvalue weighted by Crippen LogP contribution is 2.29. The molecule has 1 aliphatic heterocycles. The first kappa shape index (κ1) is 17.9. The second-order valence-electron chi connectivity index (χ2n) is 8.30. The summed E-state index contributed by atoms with van der Waals surface area (Å²) in [5, 5.41) is 3.60. The Kier molecular flexibility index (Phi) is 5.05. The Morgan fingerprint density at radius 1 is 1.04 bits per heavy atom. The zero-order valence-electron chi connectivity index (χ0n) is 15.1. The standard InChI is InChI=1S/C19H30N2O2S/c1-19(2,3)16-6-8-18(9-7-16)24(22,23)21-12-10-17(11-13-21)20-14-15-4-5-15/h6-9,15,17,20H,4-5,10-14H2,1-3H3. The first-order valence-corrected chi connectivity index (χ1v) is 10.5. The van der Waals surface area contributed by atoms with Crippen LogP contribution in [0.1, 0.15) is 52.0 Å². The summed E-state index contributed by atoms with van der Waals surface area (Å²) in [6.07, 6.45) is 4.52. The number of sulfonamides is 1. The number of hydrogen-bond donors (Lipinski definition) is 1. The van der Waals surface area contributed by atoms with Crippen molar-refractivity contribution in [1.82, 2.24) is 9.62 Å². The number of nitrogens with one attached hydrogen (secondary N) is 1. The normalized spacial score (nSPS) is 21.1. The van der Waals surface area contributed by atoms with Gasteiger partial charge in [-0.1, -0.05) is 32.9 Å². The summed E-state index contributed by atoms with van der Waals surface area (Å²) < 4.78 is 27.3. The average Bonchev–Trinajstić information content (AvgIpc) is 3.37. The molecule has 2 aliphatic rings. The number of benzene rings is 1. The summed E-state index contributed by atoms with van der Waals surface area (Å²) >= 11 is 0. The van der Waals surface area contributed by atoms with Crippen molar-refractivity contribution >= 4 is 10.0 Å². The Balaban J connectivity index is 1.61. The van der Waals surface area contributed by atoms with E-state index in [2.05, 4.69) is 26.1 Å². The lowest BCUT2D eigenvalue weighted by atomic mass is 9.87. The summed E-state index contributed by atoms with van der Waals surface area (Å²) in [4.78, 5) is 0.417. The lowest BCUT2D eigenvalue weighted by molar-refractivity contribution is 0.288. The molecule has 4 nitrogen and oxygen atoms in total. The van der Waals surface area contributed by atoms with E-state index in [4.69, 9.17) is 0 Å². The Morgan fingerprint density at radius 2 is 1.62 bits per heavy atom. The lowest BCUT2D eigenvalue weighted by Crippen LogP contribution is -2.45. The van der Waals surface area contributed by atoms with Gasteiger partial charge in [0.15, 0.2) is 0 Å². The predicted molar refractivity (Wildman–Crippen MR) is 97.6 cm³/mol. The number of hydrogen-bond acceptors (Lipinski definition) is 3. The van der Waals surface area contributed by atoms with Crippen LogP contribution in [0.2, 0.25) is 0 Å². The van der Waals surface area contributed by atoms with Gasteiger partial charge in [0.1, 0.15) is 0 Å². The smallest absolute Gasteiger partial charge is 0.243 e. The van der Waals surface area contributed by atoms with Crippen LogP contribution in [0.3, 0.4) is 0 Å². The molecule has 1 N–H and O–H groups in total. The highest BCUT2D eigenvalue weighted by atomic mass is 32.2. The lowest BCUT2D eigenvalue weighted by Gasteiger charge is -2.32. The molecule has 1 heterocycles. The minimum absolute atomic E-state index is 0.0356. The van der Waals surface area contributed by atoms with Gasteiger partial charge < -0.3 is 5.32 Å². The number of nitrogens with zero attached hydrogens (tertiary/aromatic N) is 1. The van der Waals surface area contributed by atoms with Gasteiger partial charge in [0.2, 0.25) is 10.0 Å². The van der Waals surface area contributed by atoms with Crippen LogP contribution in [0, 0.1) is 5.92 Å². The Morgan fingerprint density at radius 3 is 2.12 bits per heavy atom. The van der Waals surface area contributed by atoms with Crippen LogP contribution in [0.15, 0.2) is 29.2 Å². The van der Waals surface area contributed by atoms with E-state index in [1.165, 1.54) is 12.8 Å². The zero-order chi connectivity index (χ0) is 17.4. The summed E-state index contributed by atoms with van der Waals surface area (Å²) in [6, 6.07) is 7.87. The topological polar surface area (TPSA) is 49.4 Å². The number of piperidine rings is 1. The molecule has 0 spiro atoms. The fourth-order valence-corrected chi connectivity index (χ4v) is 4.70. The van der Waals surface area contributed by atoms with Crippen molar-refractivity contribution in [2.45, 2.75) is 62.8 Å². The average molecular weight is 351 g/mol. The molecule has 0 radical (unpaired) electrons. The van der Waals surface area contributed by atoms with Crippen LogP contribution in [0.5, 0.6) is 0 Å². The molecule has 24 heavy (non-hydrogen) atoms. The van der Waals surface area contributed by atoms with Gasteiger partial charge in [-0.2, -0.15) is 4.31 Å². The summed E-state index contributed by atoms with van der Waals surface area (Å²) in [5.74, 6) is 0.869. The molecule has 0 bridgehead atoms. The van der Waals surface area contributed by atoms with Crippen LogP contribution in [0.4, 0.5) is 0 Å². The summed E-state index contributed by atoms with van der Waals surface area (Å²) in [5.41, 5.74) is 1.19. The fraction of sp³-hybridized carbons (Fsp3) is 0.684. The first-order chi connectivity index (χ1) is 11.3. The minimum Gasteiger partial charge on any atom is -0.314 e. The third kappa shape index (κ3) is 4.19. The molecule has 1 aromatic rings. The van der Waals surface area contributed by atoms with Crippen molar-refractivity contribution in [3.05, 3.63) is 29.8 Å². The van der Waals surface area contributed by atoms with Crippen molar-refractivity contribution in [1.29, 1.82) is 0 Å². The zero-order valence-corrected chi connectivity index (χ0v) is 15.9. The van der Waals surface area contributed by atoms with Crippen LogP contribution < -0.4 is 5.32 Å². The van der Waals surface area contributed by atoms with Gasteiger partial charge in [0.25, 0.3) is 0 Å². The molecular weight excluding hydrogens is 320 g/mol. The summed E-state index contributed by atoms with van der Waals surface area (Å²) in [6.45, 7) is 8.74. The molecule has 3 rings (SSSR count). The van der Waals surface area contributed by atoms with E-state index >= 15 is 0 Å². The maximum atomic E-state index is 12.8. The Labute approximate surface area is 146 Å². The van der Waals surface area contributed by atoms with E-state index in [9.17, 15) is 8.42 Å². The van der Waals surface area contributed by atoms with Crippen LogP contribution in [-0.4, -0.2) is 38.4 Å². The molecule has 0 unspecified atom stereocenters. The van der Waals surface area contributed by atoms with Gasteiger partial charge in [0, 0.05) is 19.1 Å². The van der Waals surface area contributed by atoms with Gasteiger partial charge >= 0.3 is 0 Å². The van der Waals surface area contributed by atoms with Crippen molar-refractivity contribution < 1.29 is 8.42 Å². The highest BCUT2D eigenvalue weighted by molar-refractivity contribution is 7.89. The quantitative estimate of drug-likeness (QED) is 0.887. The fourth-order valence-electron chi connectivity index (χ4n) is 3.23. The Hall–Kier alpha value is -0.910. The van der Waals surface area contributed by atoms with Crippen molar-refractivity contribution in [2.24, 2.45) is 5.92 Å². The molecule has 5 heteroatoms. The first-order valence-electron chi connectivity index (χ1n) is 9.11. The van der Waals surface area contributed by atoms with Gasteiger partial charge in [-0.3, -0.25) is 0 Å². The molecule has 1 aliphatic carbocycles. The SMILES string of the molecule is CC(C)(C)c1ccc(S(=O)(=O)N2CCC(NCC3CC3)CC2)cc1. The number of rotatable bonds is 5. The van der Waals surface area contributed by atoms with Crippen molar-refractivity contribution in [2.75, 3.05) is 19.6 Å². The second-order valence-corrected chi connectivity index (χ2v) is 10.2. The molecule has 2 fully saturated rings. The van der Waals surface area contributed by atoms with Gasteiger partial charge in [0.05, 0.1) is 4.90 Å². The van der Waals surface area contributed by atoms with Crippen LogP contribution in [0.25, 0.3) is 0 Å². The monoisotopic (exact) mass is 350 g/mol. The predicted octanol–water partition coefficient (Wildman–Crippen LogP) is 3.14. The van der Waals surface area contributed by atoms with Crippen molar-refractivity contribution in [3.8, 4) is 0 Å². The molecule has 0 aromatic heterocycles. The van der Waals surface area contributed by atoms with Gasteiger partial charge in [-0.05, 0) is 61.3 Å². The highest BCUT2D eigenvalue weighted by Gasteiger charge is 2.30. The molecule has 1 aromatic carbocycles. The van der Waals surface area contributed by atoms with E-state index in [-0.39, 0.29) is 5.41 Å². The largest absolute Gasteiger partial charge is 0.314 e. The van der Waals surface area contributed by atoms with E-state index in [1.807, 2.05) is 12.1 Å². The molecular formula is C19H30N2O2S. The second kappa shape index (κ2) is 6.77. The minimum atomic E-state index is -3.36. The molecule has 1 saturated carbocycles. The van der Waals surface area contributed by atoms with Gasteiger partial charge in [-0.25, -0.2) is 8.42 Å². The maximum absolute atomic E-state index is 12.8. The van der Waals surface area contributed by atoms with Crippen LogP contribution >= 0.6 is 0 Å². The maximum Gasteiger partial charge on any atom is 0.243 e. The van der Waals surface area contributed by atoms with E-state index in [1.54, 1.807) is 16.4 Å². The Bertz CT molecular complexity index is 650.